The van der Waals surface area contributed by atoms with Crippen LogP contribution >= 0.6 is 0 Å². The van der Waals surface area contributed by atoms with Crippen molar-refractivity contribution in [3.8, 4) is 0 Å². The lowest BCUT2D eigenvalue weighted by atomic mass is 10.0. The normalized spacial score (nSPS) is 21.2. The van der Waals surface area contributed by atoms with Crippen LogP contribution < -0.4 is 4.90 Å². The Hall–Kier alpha value is -0.980. The highest BCUT2D eigenvalue weighted by Crippen LogP contribution is 2.35. The van der Waals surface area contributed by atoms with Gasteiger partial charge in [0.05, 0.1) is 0 Å². The molecule has 1 aromatic rings. The van der Waals surface area contributed by atoms with Gasteiger partial charge in [-0.15, -0.1) is 0 Å². The third-order valence-corrected chi connectivity index (χ3v) is 2.58. The summed E-state index contributed by atoms with van der Waals surface area (Å²) in [4.78, 5) is 2.31. The highest BCUT2D eigenvalue weighted by atomic mass is 15.1. The van der Waals surface area contributed by atoms with Crippen LogP contribution in [0.25, 0.3) is 0 Å². The van der Waals surface area contributed by atoms with Gasteiger partial charge in [0, 0.05) is 25.2 Å². The number of anilines is 1. The van der Waals surface area contributed by atoms with Crippen molar-refractivity contribution in [1.82, 2.24) is 0 Å². The van der Waals surface area contributed by atoms with Crippen molar-refractivity contribution in [2.75, 3.05) is 18.5 Å². The van der Waals surface area contributed by atoms with Crippen LogP contribution in [0, 0.1) is 6.92 Å². The Morgan fingerprint density at radius 1 is 1.50 bits per heavy atom. The van der Waals surface area contributed by atoms with E-state index in [1.807, 2.05) is 0 Å². The molecule has 1 nitrogen and oxygen atoms in total. The minimum Gasteiger partial charge on any atom is -0.374 e. The predicted octanol–water partition coefficient (Wildman–Crippen LogP) is 2.42. The van der Waals surface area contributed by atoms with Gasteiger partial charge in [-0.05, 0) is 24.1 Å². The van der Waals surface area contributed by atoms with Crippen LogP contribution in [-0.2, 0) is 0 Å². The van der Waals surface area contributed by atoms with Gasteiger partial charge in [0.2, 0.25) is 0 Å². The van der Waals surface area contributed by atoms with Crippen LogP contribution in [0.1, 0.15) is 24.0 Å². The van der Waals surface area contributed by atoms with Crippen LogP contribution in [-0.4, -0.2) is 13.6 Å². The Morgan fingerprint density at radius 3 is 3.00 bits per heavy atom. The standard InChI is InChI=1S/C11H14N/c1-8-4-5-11-10(6-8)9(2)7-12(11)3/h4-6,9H,1,7H2,2-3H3. The van der Waals surface area contributed by atoms with Gasteiger partial charge in [-0.25, -0.2) is 0 Å². The molecule has 0 aliphatic carbocycles. The quantitative estimate of drug-likeness (QED) is 0.563. The molecule has 0 saturated heterocycles. The molecule has 0 aromatic heterocycles. The Morgan fingerprint density at radius 2 is 2.25 bits per heavy atom. The summed E-state index contributed by atoms with van der Waals surface area (Å²) in [5, 5.41) is 0. The summed E-state index contributed by atoms with van der Waals surface area (Å²) in [5.41, 5.74) is 3.94. The molecule has 0 saturated carbocycles. The average Bonchev–Trinajstić information content (AvgIpc) is 2.28. The topological polar surface area (TPSA) is 3.24 Å². The maximum absolute atomic E-state index is 3.94. The zero-order valence-corrected chi connectivity index (χ0v) is 7.67. The molecule has 1 radical (unpaired) electrons. The summed E-state index contributed by atoms with van der Waals surface area (Å²) in [6, 6.07) is 6.44. The van der Waals surface area contributed by atoms with E-state index in [1.54, 1.807) is 0 Å². The maximum Gasteiger partial charge on any atom is 0.0399 e. The molecule has 0 amide bonds. The van der Waals surface area contributed by atoms with Gasteiger partial charge in [0.1, 0.15) is 0 Å². The molecule has 1 unspecified atom stereocenters. The Labute approximate surface area is 74.0 Å². The van der Waals surface area contributed by atoms with Crippen LogP contribution in [0.15, 0.2) is 18.2 Å². The van der Waals surface area contributed by atoms with Gasteiger partial charge >= 0.3 is 0 Å². The lowest BCUT2D eigenvalue weighted by Gasteiger charge is -2.11. The molecule has 0 bridgehead atoms. The first-order valence-electron chi connectivity index (χ1n) is 4.35. The Kier molecular flexibility index (Phi) is 1.60. The second kappa shape index (κ2) is 2.51. The maximum atomic E-state index is 3.94. The number of rotatable bonds is 0. The van der Waals surface area contributed by atoms with Crippen molar-refractivity contribution in [3.63, 3.8) is 0 Å². The first kappa shape index (κ1) is 7.66. The van der Waals surface area contributed by atoms with E-state index < -0.39 is 0 Å². The smallest absolute Gasteiger partial charge is 0.0399 e. The SMILES string of the molecule is [CH2]c1ccc2c(c1)C(C)CN2C. The van der Waals surface area contributed by atoms with Gasteiger partial charge in [-0.2, -0.15) is 0 Å². The molecule has 1 heterocycles. The van der Waals surface area contributed by atoms with E-state index in [-0.39, 0.29) is 0 Å². The minimum absolute atomic E-state index is 0.659. The Balaban J connectivity index is 2.53. The van der Waals surface area contributed by atoms with Crippen molar-refractivity contribution in [3.05, 3.63) is 36.2 Å². The fourth-order valence-corrected chi connectivity index (χ4v) is 1.95. The summed E-state index contributed by atoms with van der Waals surface area (Å²) in [5.74, 6) is 0.659. The van der Waals surface area contributed by atoms with E-state index >= 15 is 0 Å². The number of benzene rings is 1. The average molecular weight is 160 g/mol. The van der Waals surface area contributed by atoms with Crippen molar-refractivity contribution in [1.29, 1.82) is 0 Å². The lowest BCUT2D eigenvalue weighted by Crippen LogP contribution is -2.13. The molecular weight excluding hydrogens is 146 g/mol. The van der Waals surface area contributed by atoms with Crippen LogP contribution in [0.3, 0.4) is 0 Å². The molecule has 1 heteroatoms. The summed E-state index contributed by atoms with van der Waals surface area (Å²) < 4.78 is 0. The zero-order chi connectivity index (χ0) is 8.72. The predicted molar refractivity (Wildman–Crippen MR) is 52.6 cm³/mol. The Bertz CT molecular complexity index is 304. The molecular formula is C11H14N. The zero-order valence-electron chi connectivity index (χ0n) is 7.67. The van der Waals surface area contributed by atoms with Crippen LogP contribution in [0.2, 0.25) is 0 Å². The van der Waals surface area contributed by atoms with E-state index in [0.717, 1.165) is 12.1 Å². The van der Waals surface area contributed by atoms with Crippen LogP contribution in [0.5, 0.6) is 0 Å². The second-order valence-electron chi connectivity index (χ2n) is 3.67. The number of nitrogens with zero attached hydrogens (tertiary/aromatic N) is 1. The summed E-state index contributed by atoms with van der Waals surface area (Å²) in [6.45, 7) is 7.34. The monoisotopic (exact) mass is 160 g/mol. The van der Waals surface area contributed by atoms with Gasteiger partial charge in [0.25, 0.3) is 0 Å². The van der Waals surface area contributed by atoms with Crippen molar-refractivity contribution in [2.45, 2.75) is 12.8 Å². The third-order valence-electron chi connectivity index (χ3n) is 2.58. The molecule has 0 spiro atoms. The first-order chi connectivity index (χ1) is 5.68. The van der Waals surface area contributed by atoms with Gasteiger partial charge < -0.3 is 4.90 Å². The fraction of sp³-hybridized carbons (Fsp3) is 0.364. The minimum atomic E-state index is 0.659. The number of hydrogen-bond donors (Lipinski definition) is 0. The highest BCUT2D eigenvalue weighted by Gasteiger charge is 2.21. The lowest BCUT2D eigenvalue weighted by molar-refractivity contribution is 0.796. The van der Waals surface area contributed by atoms with E-state index in [9.17, 15) is 0 Å². The first-order valence-corrected chi connectivity index (χ1v) is 4.35. The molecule has 0 fully saturated rings. The molecule has 12 heavy (non-hydrogen) atoms. The highest BCUT2D eigenvalue weighted by molar-refractivity contribution is 5.60. The van der Waals surface area contributed by atoms with Gasteiger partial charge in [0.15, 0.2) is 0 Å². The summed E-state index contributed by atoms with van der Waals surface area (Å²) >= 11 is 0. The van der Waals surface area contributed by atoms with E-state index in [2.05, 4.69) is 44.0 Å². The van der Waals surface area contributed by atoms with Crippen molar-refractivity contribution < 1.29 is 0 Å². The second-order valence-corrected chi connectivity index (χ2v) is 3.67. The number of fused-ring (bicyclic) bond motifs is 1. The molecule has 63 valence electrons. The van der Waals surface area contributed by atoms with Gasteiger partial charge in [-0.3, -0.25) is 0 Å². The summed E-state index contributed by atoms with van der Waals surface area (Å²) in [6.07, 6.45) is 0. The number of hydrogen-bond acceptors (Lipinski definition) is 1. The van der Waals surface area contributed by atoms with Crippen LogP contribution in [0.4, 0.5) is 5.69 Å². The molecule has 1 aromatic carbocycles. The largest absolute Gasteiger partial charge is 0.374 e. The van der Waals surface area contributed by atoms with Gasteiger partial charge in [-0.1, -0.05) is 19.1 Å². The van der Waals surface area contributed by atoms with E-state index in [0.29, 0.717) is 5.92 Å². The molecule has 0 N–H and O–H groups in total. The third kappa shape index (κ3) is 1.01. The summed E-state index contributed by atoms with van der Waals surface area (Å²) in [7, 11) is 2.14. The van der Waals surface area contributed by atoms with E-state index in [4.69, 9.17) is 0 Å². The molecule has 1 aliphatic heterocycles. The number of likely N-dealkylation sites (N-methyl/N-ethyl adjacent to an activating group) is 1. The molecule has 1 atom stereocenters. The molecule has 1 aliphatic rings. The fourth-order valence-electron chi connectivity index (χ4n) is 1.95. The van der Waals surface area contributed by atoms with E-state index in [1.165, 1.54) is 11.3 Å². The van der Waals surface area contributed by atoms with Crippen molar-refractivity contribution >= 4 is 5.69 Å². The molecule has 2 rings (SSSR count). The van der Waals surface area contributed by atoms with Crippen molar-refractivity contribution in [2.24, 2.45) is 0 Å².